The fourth-order valence-electron chi connectivity index (χ4n) is 1.60. The normalized spacial score (nSPS) is 17.6. The van der Waals surface area contributed by atoms with Crippen molar-refractivity contribution >= 4 is 11.6 Å². The van der Waals surface area contributed by atoms with E-state index in [0.717, 1.165) is 17.0 Å². The number of carbonyl (C=O) groups is 1. The first-order chi connectivity index (χ1) is 7.33. The highest BCUT2D eigenvalue weighted by atomic mass is 16.7. The molecule has 0 atom stereocenters. The van der Waals surface area contributed by atoms with E-state index in [0.29, 0.717) is 12.2 Å². The molecular weight excluding hydrogens is 196 g/mol. The Labute approximate surface area is 85.7 Å². The highest BCUT2D eigenvalue weighted by Gasteiger charge is 2.19. The Bertz CT molecular complexity index is 468. The summed E-state index contributed by atoms with van der Waals surface area (Å²) < 4.78 is 10.4. The Hall–Kier alpha value is -2.04. The second-order valence-corrected chi connectivity index (χ2v) is 3.34. The molecule has 0 spiro atoms. The first kappa shape index (κ1) is 8.28. The van der Waals surface area contributed by atoms with E-state index >= 15 is 0 Å². The lowest BCUT2D eigenvalue weighted by atomic mass is 10.1. The lowest BCUT2D eigenvalue weighted by Gasteiger charge is -2.00. The molecule has 0 saturated heterocycles. The third-order valence-corrected chi connectivity index (χ3v) is 2.35. The second kappa shape index (κ2) is 2.98. The van der Waals surface area contributed by atoms with Crippen molar-refractivity contribution in [3.8, 4) is 11.5 Å². The van der Waals surface area contributed by atoms with Crippen LogP contribution < -0.4 is 14.9 Å². The van der Waals surface area contributed by atoms with Gasteiger partial charge in [-0.25, -0.2) is 5.43 Å². The maximum absolute atomic E-state index is 11.0. The largest absolute Gasteiger partial charge is 0.454 e. The minimum absolute atomic E-state index is 0.0809. The fraction of sp³-hybridized carbons (Fsp3) is 0.200. The molecule has 2 heterocycles. The molecule has 5 heteroatoms. The number of nitrogens with zero attached hydrogens (tertiary/aromatic N) is 1. The lowest BCUT2D eigenvalue weighted by Crippen LogP contribution is -2.09. The first-order valence-corrected chi connectivity index (χ1v) is 4.58. The molecule has 0 fully saturated rings. The molecule has 5 nitrogen and oxygen atoms in total. The van der Waals surface area contributed by atoms with Crippen LogP contribution in [0.2, 0.25) is 0 Å². The Kier molecular flexibility index (Phi) is 1.65. The lowest BCUT2D eigenvalue weighted by molar-refractivity contribution is -0.119. The second-order valence-electron chi connectivity index (χ2n) is 3.34. The molecule has 1 N–H and O–H groups in total. The van der Waals surface area contributed by atoms with Crippen molar-refractivity contribution in [3.05, 3.63) is 23.8 Å². The monoisotopic (exact) mass is 204 g/mol. The number of hydrogen-bond donors (Lipinski definition) is 1. The average molecular weight is 204 g/mol. The van der Waals surface area contributed by atoms with Crippen LogP contribution >= 0.6 is 0 Å². The molecule has 2 aliphatic rings. The minimum atomic E-state index is -0.0809. The highest BCUT2D eigenvalue weighted by molar-refractivity contribution is 6.13. The third kappa shape index (κ3) is 1.32. The van der Waals surface area contributed by atoms with Gasteiger partial charge in [-0.3, -0.25) is 4.79 Å². The topological polar surface area (TPSA) is 59.9 Å². The summed E-state index contributed by atoms with van der Waals surface area (Å²) in [6, 6.07) is 5.52. The number of amides is 1. The number of fused-ring (bicyclic) bond motifs is 1. The summed E-state index contributed by atoms with van der Waals surface area (Å²) in [5, 5.41) is 3.93. The molecule has 15 heavy (non-hydrogen) atoms. The summed E-state index contributed by atoms with van der Waals surface area (Å²) >= 11 is 0. The molecule has 1 amide bonds. The zero-order chi connectivity index (χ0) is 10.3. The van der Waals surface area contributed by atoms with Gasteiger partial charge in [-0.15, -0.1) is 0 Å². The van der Waals surface area contributed by atoms with Gasteiger partial charge in [0.25, 0.3) is 0 Å². The standard InChI is InChI=1S/C10H8N2O3/c13-10-4-7(11-12-10)6-1-2-8-9(3-6)15-5-14-8/h1-3H,4-5H2,(H,12,13). The summed E-state index contributed by atoms with van der Waals surface area (Å²) in [4.78, 5) is 11.0. The Morgan fingerprint density at radius 3 is 2.93 bits per heavy atom. The maximum atomic E-state index is 11.0. The van der Waals surface area contributed by atoms with Crippen LogP contribution in [-0.2, 0) is 4.79 Å². The van der Waals surface area contributed by atoms with Crippen molar-refractivity contribution in [1.82, 2.24) is 5.43 Å². The summed E-state index contributed by atoms with van der Waals surface area (Å²) in [5.74, 6) is 1.36. The number of benzene rings is 1. The molecule has 3 rings (SSSR count). The van der Waals surface area contributed by atoms with E-state index in [2.05, 4.69) is 10.5 Å². The predicted octanol–water partition coefficient (Wildman–Crippen LogP) is 0.639. The van der Waals surface area contributed by atoms with Crippen LogP contribution in [0.15, 0.2) is 23.3 Å². The Morgan fingerprint density at radius 2 is 2.13 bits per heavy atom. The number of rotatable bonds is 1. The van der Waals surface area contributed by atoms with Gasteiger partial charge in [0.05, 0.1) is 12.1 Å². The third-order valence-electron chi connectivity index (χ3n) is 2.35. The van der Waals surface area contributed by atoms with E-state index in [9.17, 15) is 4.79 Å². The summed E-state index contributed by atoms with van der Waals surface area (Å²) in [7, 11) is 0. The number of hydrogen-bond acceptors (Lipinski definition) is 4. The minimum Gasteiger partial charge on any atom is -0.454 e. The molecule has 0 radical (unpaired) electrons. The van der Waals surface area contributed by atoms with E-state index in [1.54, 1.807) is 0 Å². The zero-order valence-corrected chi connectivity index (χ0v) is 7.82. The van der Waals surface area contributed by atoms with Crippen LogP contribution in [0, 0.1) is 0 Å². The molecule has 2 aliphatic heterocycles. The van der Waals surface area contributed by atoms with Gasteiger partial charge in [0.2, 0.25) is 12.7 Å². The Morgan fingerprint density at radius 1 is 1.27 bits per heavy atom. The van der Waals surface area contributed by atoms with Crippen LogP contribution in [0.3, 0.4) is 0 Å². The summed E-state index contributed by atoms with van der Waals surface area (Å²) in [5.41, 5.74) is 4.03. The van der Waals surface area contributed by atoms with Crippen LogP contribution in [0.5, 0.6) is 11.5 Å². The highest BCUT2D eigenvalue weighted by Crippen LogP contribution is 2.33. The predicted molar refractivity (Wildman–Crippen MR) is 51.9 cm³/mol. The molecule has 0 aliphatic carbocycles. The molecule has 1 aromatic rings. The van der Waals surface area contributed by atoms with Gasteiger partial charge in [0.1, 0.15) is 0 Å². The van der Waals surface area contributed by atoms with Gasteiger partial charge in [0.15, 0.2) is 11.5 Å². The number of ether oxygens (including phenoxy) is 2. The molecule has 76 valence electrons. The fourth-order valence-corrected chi connectivity index (χ4v) is 1.60. The number of nitrogens with one attached hydrogen (secondary N) is 1. The van der Waals surface area contributed by atoms with E-state index < -0.39 is 0 Å². The molecule has 0 bridgehead atoms. The first-order valence-electron chi connectivity index (χ1n) is 4.58. The van der Waals surface area contributed by atoms with Crippen molar-refractivity contribution in [2.24, 2.45) is 5.10 Å². The molecular formula is C10H8N2O3. The molecule has 0 saturated carbocycles. The summed E-state index contributed by atoms with van der Waals surface area (Å²) in [6.45, 7) is 0.252. The van der Waals surface area contributed by atoms with Crippen molar-refractivity contribution in [3.63, 3.8) is 0 Å². The smallest absolute Gasteiger partial charge is 0.246 e. The van der Waals surface area contributed by atoms with E-state index in [-0.39, 0.29) is 12.7 Å². The summed E-state index contributed by atoms with van der Waals surface area (Å²) in [6.07, 6.45) is 0.319. The average Bonchev–Trinajstić information content (AvgIpc) is 2.84. The SMILES string of the molecule is O=C1CC(c2ccc3c(c2)OCO3)=NN1. The zero-order valence-electron chi connectivity index (χ0n) is 7.82. The van der Waals surface area contributed by atoms with E-state index in [1.807, 2.05) is 18.2 Å². The van der Waals surface area contributed by atoms with Crippen LogP contribution in [-0.4, -0.2) is 18.4 Å². The van der Waals surface area contributed by atoms with E-state index in [4.69, 9.17) is 9.47 Å². The van der Waals surface area contributed by atoms with Crippen molar-refractivity contribution in [2.45, 2.75) is 6.42 Å². The maximum Gasteiger partial charge on any atom is 0.246 e. The number of carbonyl (C=O) groups excluding carboxylic acids is 1. The van der Waals surface area contributed by atoms with Gasteiger partial charge in [-0.1, -0.05) is 0 Å². The van der Waals surface area contributed by atoms with E-state index in [1.165, 1.54) is 0 Å². The van der Waals surface area contributed by atoms with Crippen LogP contribution in [0.1, 0.15) is 12.0 Å². The quantitative estimate of drug-likeness (QED) is 0.730. The van der Waals surface area contributed by atoms with Gasteiger partial charge in [0, 0.05) is 5.56 Å². The van der Waals surface area contributed by atoms with Crippen molar-refractivity contribution in [1.29, 1.82) is 0 Å². The van der Waals surface area contributed by atoms with Crippen LogP contribution in [0.4, 0.5) is 0 Å². The Balaban J connectivity index is 1.96. The van der Waals surface area contributed by atoms with Crippen molar-refractivity contribution < 1.29 is 14.3 Å². The van der Waals surface area contributed by atoms with Gasteiger partial charge >= 0.3 is 0 Å². The van der Waals surface area contributed by atoms with Crippen LogP contribution in [0.25, 0.3) is 0 Å². The number of hydrazone groups is 1. The van der Waals surface area contributed by atoms with Gasteiger partial charge < -0.3 is 9.47 Å². The van der Waals surface area contributed by atoms with Crippen molar-refractivity contribution in [2.75, 3.05) is 6.79 Å². The molecule has 0 aromatic heterocycles. The van der Waals surface area contributed by atoms with Gasteiger partial charge in [-0.05, 0) is 18.2 Å². The van der Waals surface area contributed by atoms with Gasteiger partial charge in [-0.2, -0.15) is 5.10 Å². The molecule has 1 aromatic carbocycles. The molecule has 0 unspecified atom stereocenters.